The summed E-state index contributed by atoms with van der Waals surface area (Å²) in [7, 11) is 0. The zero-order valence-corrected chi connectivity index (χ0v) is 19.0. The first-order chi connectivity index (χ1) is 14.4. The van der Waals surface area contributed by atoms with Gasteiger partial charge in [0.2, 0.25) is 5.76 Å². The molecule has 2 heterocycles. The second kappa shape index (κ2) is 7.22. The highest BCUT2D eigenvalue weighted by molar-refractivity contribution is 9.10. The van der Waals surface area contributed by atoms with E-state index >= 15 is 0 Å². The van der Waals surface area contributed by atoms with Gasteiger partial charge in [-0.15, -0.1) is 0 Å². The molecule has 0 saturated heterocycles. The van der Waals surface area contributed by atoms with Crippen LogP contribution in [0.25, 0.3) is 11.0 Å². The summed E-state index contributed by atoms with van der Waals surface area (Å²) in [5.41, 5.74) is 3.11. The molecule has 1 amide bonds. The Morgan fingerprint density at radius 1 is 0.900 bits per heavy atom. The van der Waals surface area contributed by atoms with Gasteiger partial charge in [0.15, 0.2) is 5.43 Å². The van der Waals surface area contributed by atoms with Gasteiger partial charge < -0.3 is 4.42 Å². The van der Waals surface area contributed by atoms with Crippen LogP contribution in [0.15, 0.2) is 84.9 Å². The van der Waals surface area contributed by atoms with Crippen molar-refractivity contribution in [2.75, 3.05) is 4.90 Å². The van der Waals surface area contributed by atoms with Crippen molar-refractivity contribution in [3.63, 3.8) is 0 Å². The summed E-state index contributed by atoms with van der Waals surface area (Å²) < 4.78 is 7.78. The van der Waals surface area contributed by atoms with E-state index in [0.29, 0.717) is 22.2 Å². The van der Waals surface area contributed by atoms with Gasteiger partial charge in [-0.25, -0.2) is 0 Å². The number of hydrogen-bond acceptors (Lipinski definition) is 3. The molecule has 4 nitrogen and oxygen atoms in total. The quantitative estimate of drug-likeness (QED) is 0.306. The number of amides is 1. The summed E-state index contributed by atoms with van der Waals surface area (Å²) >= 11 is 6.94. The van der Waals surface area contributed by atoms with Gasteiger partial charge >= 0.3 is 0 Å². The minimum atomic E-state index is -0.577. The number of benzene rings is 3. The maximum absolute atomic E-state index is 13.6. The van der Waals surface area contributed by atoms with Crippen LogP contribution in [0.4, 0.5) is 5.69 Å². The van der Waals surface area contributed by atoms with E-state index < -0.39 is 6.04 Å². The van der Waals surface area contributed by atoms with Gasteiger partial charge in [0, 0.05) is 14.6 Å². The van der Waals surface area contributed by atoms with Gasteiger partial charge in [0.1, 0.15) is 5.58 Å². The second-order valence-electron chi connectivity index (χ2n) is 7.28. The van der Waals surface area contributed by atoms with Crippen molar-refractivity contribution in [1.29, 1.82) is 0 Å². The maximum Gasteiger partial charge on any atom is 0.295 e. The van der Waals surface area contributed by atoms with Gasteiger partial charge in [-0.05, 0) is 61.0 Å². The first-order valence-electron chi connectivity index (χ1n) is 9.36. The smallest absolute Gasteiger partial charge is 0.295 e. The molecular formula is C24H15Br2NO3. The summed E-state index contributed by atoms with van der Waals surface area (Å²) in [6.07, 6.45) is 0. The van der Waals surface area contributed by atoms with E-state index in [1.165, 1.54) is 0 Å². The zero-order chi connectivity index (χ0) is 21.0. The molecule has 0 radical (unpaired) electrons. The average Bonchev–Trinajstić information content (AvgIpc) is 3.02. The van der Waals surface area contributed by atoms with Crippen molar-refractivity contribution < 1.29 is 9.21 Å². The molecule has 0 N–H and O–H groups in total. The third kappa shape index (κ3) is 3.02. The van der Waals surface area contributed by atoms with Crippen LogP contribution in [-0.2, 0) is 0 Å². The van der Waals surface area contributed by atoms with Crippen molar-refractivity contribution in [1.82, 2.24) is 0 Å². The van der Waals surface area contributed by atoms with E-state index in [1.54, 1.807) is 11.0 Å². The van der Waals surface area contributed by atoms with Crippen LogP contribution in [0.5, 0.6) is 0 Å². The summed E-state index contributed by atoms with van der Waals surface area (Å²) in [5, 5.41) is 0.485. The lowest BCUT2D eigenvalue weighted by Gasteiger charge is -2.25. The Hall–Kier alpha value is -2.70. The third-order valence-electron chi connectivity index (χ3n) is 5.29. The normalized spacial score (nSPS) is 15.6. The Morgan fingerprint density at radius 3 is 2.40 bits per heavy atom. The number of aryl methyl sites for hydroxylation is 1. The number of nitrogens with zero attached hydrogens (tertiary/aromatic N) is 1. The first kappa shape index (κ1) is 19.3. The molecule has 3 aromatic carbocycles. The first-order valence-corrected chi connectivity index (χ1v) is 10.9. The molecule has 1 atom stereocenters. The lowest BCUT2D eigenvalue weighted by Crippen LogP contribution is -2.29. The number of carbonyl (C=O) groups is 1. The van der Waals surface area contributed by atoms with E-state index in [0.717, 1.165) is 20.1 Å². The Bertz CT molecular complexity index is 1380. The van der Waals surface area contributed by atoms with Gasteiger partial charge in [-0.3, -0.25) is 14.5 Å². The molecule has 1 aliphatic heterocycles. The van der Waals surface area contributed by atoms with Crippen molar-refractivity contribution in [2.24, 2.45) is 0 Å². The van der Waals surface area contributed by atoms with E-state index in [4.69, 9.17) is 4.42 Å². The fourth-order valence-electron chi connectivity index (χ4n) is 3.95. The number of fused-ring (bicyclic) bond motifs is 2. The van der Waals surface area contributed by atoms with Crippen molar-refractivity contribution >= 4 is 54.4 Å². The molecule has 1 aliphatic rings. The van der Waals surface area contributed by atoms with Gasteiger partial charge in [-0.2, -0.15) is 0 Å². The number of anilines is 1. The van der Waals surface area contributed by atoms with Gasteiger partial charge in [0.05, 0.1) is 17.0 Å². The van der Waals surface area contributed by atoms with Crippen LogP contribution < -0.4 is 10.3 Å². The monoisotopic (exact) mass is 523 g/mol. The van der Waals surface area contributed by atoms with E-state index in [2.05, 4.69) is 31.9 Å². The molecule has 0 fully saturated rings. The number of carbonyl (C=O) groups excluding carboxylic acids is 1. The Labute approximate surface area is 189 Å². The molecule has 1 unspecified atom stereocenters. The molecule has 0 saturated carbocycles. The number of rotatable bonds is 2. The summed E-state index contributed by atoms with van der Waals surface area (Å²) in [6, 6.07) is 20.0. The zero-order valence-electron chi connectivity index (χ0n) is 15.9. The van der Waals surface area contributed by atoms with Crippen LogP contribution in [0.1, 0.15) is 33.3 Å². The predicted molar refractivity (Wildman–Crippen MR) is 124 cm³/mol. The highest BCUT2D eigenvalue weighted by Gasteiger charge is 2.43. The van der Waals surface area contributed by atoms with Crippen molar-refractivity contribution in [2.45, 2.75) is 13.0 Å². The number of hydrogen-bond donors (Lipinski definition) is 0. The predicted octanol–water partition coefficient (Wildman–Crippen LogP) is 6.38. The highest BCUT2D eigenvalue weighted by Crippen LogP contribution is 2.41. The molecule has 0 spiro atoms. The van der Waals surface area contributed by atoms with Crippen molar-refractivity contribution in [3.05, 3.63) is 108 Å². The molecule has 148 valence electrons. The van der Waals surface area contributed by atoms with Crippen LogP contribution in [-0.4, -0.2) is 5.91 Å². The molecule has 5 rings (SSSR count). The summed E-state index contributed by atoms with van der Waals surface area (Å²) in [5.74, 6) is -0.221. The van der Waals surface area contributed by atoms with E-state index in [1.807, 2.05) is 67.6 Å². The third-order valence-corrected chi connectivity index (χ3v) is 6.32. The lowest BCUT2D eigenvalue weighted by molar-refractivity contribution is 0.0971. The molecule has 6 heteroatoms. The molecule has 30 heavy (non-hydrogen) atoms. The number of halogens is 2. The molecular weight excluding hydrogens is 510 g/mol. The Balaban J connectivity index is 1.83. The standard InChI is InChI=1S/C24H15Br2NO3/c1-13-5-10-19-18(11-13)22(28)20-21(14-3-2-4-16(26)12-14)27(24(29)23(20)30-19)17-8-6-15(25)7-9-17/h2-12,21H,1H3. The lowest BCUT2D eigenvalue weighted by atomic mass is 9.98. The SMILES string of the molecule is Cc1ccc2oc3c(c(=O)c2c1)C(c1cccc(Br)c1)N(c1ccc(Br)cc1)C3=O. The summed E-state index contributed by atoms with van der Waals surface area (Å²) in [4.78, 5) is 28.7. The molecule has 1 aromatic heterocycles. The largest absolute Gasteiger partial charge is 0.450 e. The van der Waals surface area contributed by atoms with Crippen LogP contribution in [0.3, 0.4) is 0 Å². The minimum absolute atomic E-state index is 0.101. The molecule has 0 aliphatic carbocycles. The summed E-state index contributed by atoms with van der Waals surface area (Å²) in [6.45, 7) is 1.93. The fourth-order valence-corrected chi connectivity index (χ4v) is 4.63. The Morgan fingerprint density at radius 2 is 1.67 bits per heavy atom. The van der Waals surface area contributed by atoms with Crippen LogP contribution >= 0.6 is 31.9 Å². The van der Waals surface area contributed by atoms with E-state index in [-0.39, 0.29) is 17.1 Å². The Kier molecular flexibility index (Phi) is 4.64. The maximum atomic E-state index is 13.6. The molecule has 4 aromatic rings. The molecule has 0 bridgehead atoms. The van der Waals surface area contributed by atoms with Crippen LogP contribution in [0, 0.1) is 6.92 Å². The van der Waals surface area contributed by atoms with Crippen LogP contribution in [0.2, 0.25) is 0 Å². The second-order valence-corrected chi connectivity index (χ2v) is 9.11. The van der Waals surface area contributed by atoms with Gasteiger partial charge in [0.25, 0.3) is 5.91 Å². The minimum Gasteiger partial charge on any atom is -0.450 e. The van der Waals surface area contributed by atoms with Gasteiger partial charge in [-0.1, -0.05) is 55.6 Å². The average molecular weight is 525 g/mol. The fraction of sp³-hybridized carbons (Fsp3) is 0.0833. The highest BCUT2D eigenvalue weighted by atomic mass is 79.9. The van der Waals surface area contributed by atoms with Crippen molar-refractivity contribution in [3.8, 4) is 0 Å². The topological polar surface area (TPSA) is 50.5 Å². The van der Waals surface area contributed by atoms with E-state index in [9.17, 15) is 9.59 Å².